The first-order valence-corrected chi connectivity index (χ1v) is 8.40. The van der Waals surface area contributed by atoms with E-state index in [1.54, 1.807) is 30.3 Å². The van der Waals surface area contributed by atoms with E-state index in [1.807, 2.05) is 25.1 Å². The zero-order chi connectivity index (χ0) is 19.1. The van der Waals surface area contributed by atoms with Gasteiger partial charge in [0, 0.05) is 25.6 Å². The molecule has 1 atom stereocenters. The van der Waals surface area contributed by atoms with Gasteiger partial charge in [0.2, 0.25) is 5.91 Å². The van der Waals surface area contributed by atoms with Crippen LogP contribution in [-0.2, 0) is 11.3 Å². The number of halogens is 1. The van der Waals surface area contributed by atoms with E-state index in [-0.39, 0.29) is 23.7 Å². The SMILES string of the molecule is CC(=O)NCc1ccc(C(=O)NCC(c2cccc(F)c2)N(C)C)cc1. The molecule has 2 aromatic carbocycles. The zero-order valence-corrected chi connectivity index (χ0v) is 15.3. The lowest BCUT2D eigenvalue weighted by Gasteiger charge is -2.25. The van der Waals surface area contributed by atoms with Crippen LogP contribution in [0.1, 0.15) is 34.5 Å². The summed E-state index contributed by atoms with van der Waals surface area (Å²) in [6.45, 7) is 2.25. The molecule has 0 heterocycles. The van der Waals surface area contributed by atoms with Crippen LogP contribution in [0.5, 0.6) is 0 Å². The summed E-state index contributed by atoms with van der Waals surface area (Å²) < 4.78 is 13.5. The Hall–Kier alpha value is -2.73. The maximum Gasteiger partial charge on any atom is 0.251 e. The third kappa shape index (κ3) is 5.67. The van der Waals surface area contributed by atoms with Crippen LogP contribution in [0.15, 0.2) is 48.5 Å². The molecule has 0 aliphatic heterocycles. The van der Waals surface area contributed by atoms with Crippen LogP contribution < -0.4 is 10.6 Å². The van der Waals surface area contributed by atoms with Gasteiger partial charge in [-0.1, -0.05) is 24.3 Å². The van der Waals surface area contributed by atoms with Gasteiger partial charge in [0.05, 0.1) is 6.04 Å². The maximum atomic E-state index is 13.5. The van der Waals surface area contributed by atoms with Crippen LogP contribution in [0.4, 0.5) is 4.39 Å². The molecule has 0 aliphatic carbocycles. The van der Waals surface area contributed by atoms with Gasteiger partial charge in [0.25, 0.3) is 5.91 Å². The maximum absolute atomic E-state index is 13.5. The molecule has 2 N–H and O–H groups in total. The van der Waals surface area contributed by atoms with Crippen molar-refractivity contribution in [1.29, 1.82) is 0 Å². The van der Waals surface area contributed by atoms with Crippen LogP contribution in [0.25, 0.3) is 0 Å². The van der Waals surface area contributed by atoms with E-state index in [9.17, 15) is 14.0 Å². The molecular weight excluding hydrogens is 333 g/mol. The van der Waals surface area contributed by atoms with Crippen LogP contribution in [0.2, 0.25) is 0 Å². The Kier molecular flexibility index (Phi) is 6.86. The number of hydrogen-bond acceptors (Lipinski definition) is 3. The number of carbonyl (C=O) groups excluding carboxylic acids is 2. The van der Waals surface area contributed by atoms with E-state index in [2.05, 4.69) is 10.6 Å². The van der Waals surface area contributed by atoms with Gasteiger partial charge in [-0.2, -0.15) is 0 Å². The first-order valence-electron chi connectivity index (χ1n) is 8.40. The Bertz CT molecular complexity index is 760. The molecule has 0 saturated carbocycles. The third-order valence-corrected chi connectivity index (χ3v) is 4.07. The molecule has 0 radical (unpaired) electrons. The molecule has 2 amide bonds. The Morgan fingerprint density at radius 1 is 1.08 bits per heavy atom. The Morgan fingerprint density at radius 2 is 1.77 bits per heavy atom. The predicted octanol–water partition coefficient (Wildman–Crippen LogP) is 2.49. The number of nitrogens with one attached hydrogen (secondary N) is 2. The Balaban J connectivity index is 1.98. The summed E-state index contributed by atoms with van der Waals surface area (Å²) in [5.74, 6) is -0.589. The Labute approximate surface area is 153 Å². The summed E-state index contributed by atoms with van der Waals surface area (Å²) in [7, 11) is 3.77. The van der Waals surface area contributed by atoms with Crippen molar-refractivity contribution in [3.8, 4) is 0 Å². The molecule has 0 fully saturated rings. The van der Waals surface area contributed by atoms with Gasteiger partial charge in [-0.05, 0) is 49.5 Å². The number of amides is 2. The first-order chi connectivity index (χ1) is 12.4. The minimum absolute atomic E-state index is 0.0982. The minimum atomic E-state index is -0.296. The second-order valence-corrected chi connectivity index (χ2v) is 6.35. The molecule has 0 aromatic heterocycles. The van der Waals surface area contributed by atoms with Crippen molar-refractivity contribution in [2.45, 2.75) is 19.5 Å². The fraction of sp³-hybridized carbons (Fsp3) is 0.300. The summed E-state index contributed by atoms with van der Waals surface area (Å²) in [5.41, 5.74) is 2.26. The van der Waals surface area contributed by atoms with E-state index in [0.29, 0.717) is 18.7 Å². The van der Waals surface area contributed by atoms with Crippen molar-refractivity contribution < 1.29 is 14.0 Å². The average molecular weight is 357 g/mol. The number of likely N-dealkylation sites (N-methyl/N-ethyl adjacent to an activating group) is 1. The molecule has 0 bridgehead atoms. The van der Waals surface area contributed by atoms with E-state index >= 15 is 0 Å². The van der Waals surface area contributed by atoms with E-state index in [1.165, 1.54) is 19.1 Å². The molecule has 138 valence electrons. The minimum Gasteiger partial charge on any atom is -0.352 e. The standard InChI is InChI=1S/C20H24FN3O2/c1-14(25)22-12-15-7-9-16(10-8-15)20(26)23-13-19(24(2)3)17-5-4-6-18(21)11-17/h4-11,19H,12-13H2,1-3H3,(H,22,25)(H,23,26). The van der Waals surface area contributed by atoms with E-state index < -0.39 is 0 Å². The normalized spacial score (nSPS) is 11.9. The predicted molar refractivity (Wildman–Crippen MR) is 99.1 cm³/mol. The highest BCUT2D eigenvalue weighted by Crippen LogP contribution is 2.18. The van der Waals surface area contributed by atoms with Crippen molar-refractivity contribution in [1.82, 2.24) is 15.5 Å². The van der Waals surface area contributed by atoms with Gasteiger partial charge in [0.1, 0.15) is 5.82 Å². The summed E-state index contributed by atoms with van der Waals surface area (Å²) in [5, 5.41) is 5.61. The number of nitrogens with zero attached hydrogens (tertiary/aromatic N) is 1. The fourth-order valence-corrected chi connectivity index (χ4v) is 2.60. The first kappa shape index (κ1) is 19.6. The summed E-state index contributed by atoms with van der Waals surface area (Å²) in [6, 6.07) is 13.3. The van der Waals surface area contributed by atoms with Gasteiger partial charge in [-0.3, -0.25) is 9.59 Å². The number of hydrogen-bond donors (Lipinski definition) is 2. The average Bonchev–Trinajstić information content (AvgIpc) is 2.60. The van der Waals surface area contributed by atoms with Crippen molar-refractivity contribution in [3.63, 3.8) is 0 Å². The van der Waals surface area contributed by atoms with Crippen LogP contribution in [0.3, 0.4) is 0 Å². The summed E-state index contributed by atoms with van der Waals surface area (Å²) in [4.78, 5) is 25.2. The highest BCUT2D eigenvalue weighted by atomic mass is 19.1. The van der Waals surface area contributed by atoms with Gasteiger partial charge < -0.3 is 15.5 Å². The molecule has 2 aromatic rings. The third-order valence-electron chi connectivity index (χ3n) is 4.07. The van der Waals surface area contributed by atoms with Gasteiger partial charge >= 0.3 is 0 Å². The van der Waals surface area contributed by atoms with Gasteiger partial charge in [-0.25, -0.2) is 4.39 Å². The molecule has 6 heteroatoms. The monoisotopic (exact) mass is 357 g/mol. The van der Waals surface area contributed by atoms with Crippen LogP contribution in [0, 0.1) is 5.82 Å². The lowest BCUT2D eigenvalue weighted by Crippen LogP contribution is -2.34. The van der Waals surface area contributed by atoms with Crippen molar-refractivity contribution in [2.24, 2.45) is 0 Å². The quantitative estimate of drug-likeness (QED) is 0.800. The lowest BCUT2D eigenvalue weighted by molar-refractivity contribution is -0.119. The topological polar surface area (TPSA) is 61.4 Å². The summed E-state index contributed by atoms with van der Waals surface area (Å²) >= 11 is 0. The summed E-state index contributed by atoms with van der Waals surface area (Å²) in [6.07, 6.45) is 0. The highest BCUT2D eigenvalue weighted by Gasteiger charge is 2.16. The van der Waals surface area contributed by atoms with Crippen molar-refractivity contribution >= 4 is 11.8 Å². The number of rotatable bonds is 7. The van der Waals surface area contributed by atoms with Crippen LogP contribution in [-0.4, -0.2) is 37.4 Å². The second-order valence-electron chi connectivity index (χ2n) is 6.35. The van der Waals surface area contributed by atoms with E-state index in [4.69, 9.17) is 0 Å². The fourth-order valence-electron chi connectivity index (χ4n) is 2.60. The number of benzene rings is 2. The van der Waals surface area contributed by atoms with Crippen molar-refractivity contribution in [3.05, 3.63) is 71.0 Å². The number of carbonyl (C=O) groups is 2. The largest absolute Gasteiger partial charge is 0.352 e. The molecule has 0 aliphatic rings. The molecule has 26 heavy (non-hydrogen) atoms. The molecule has 2 rings (SSSR count). The molecule has 1 unspecified atom stereocenters. The van der Waals surface area contributed by atoms with Gasteiger partial charge in [0.15, 0.2) is 0 Å². The Morgan fingerprint density at radius 3 is 2.35 bits per heavy atom. The zero-order valence-electron chi connectivity index (χ0n) is 15.3. The van der Waals surface area contributed by atoms with Crippen molar-refractivity contribution in [2.75, 3.05) is 20.6 Å². The molecular formula is C20H24FN3O2. The smallest absolute Gasteiger partial charge is 0.251 e. The van der Waals surface area contributed by atoms with Crippen LogP contribution >= 0.6 is 0 Å². The lowest BCUT2D eigenvalue weighted by atomic mass is 10.1. The van der Waals surface area contributed by atoms with E-state index in [0.717, 1.165) is 11.1 Å². The molecule has 5 nitrogen and oxygen atoms in total. The van der Waals surface area contributed by atoms with Gasteiger partial charge in [-0.15, -0.1) is 0 Å². The highest BCUT2D eigenvalue weighted by molar-refractivity contribution is 5.94. The molecule has 0 spiro atoms. The molecule has 0 saturated heterocycles. The second kappa shape index (κ2) is 9.10.